The van der Waals surface area contributed by atoms with Gasteiger partial charge in [0.25, 0.3) is 0 Å². The largest absolute Gasteiger partial charge is 0.338 e. The van der Waals surface area contributed by atoms with Crippen molar-refractivity contribution in [1.29, 1.82) is 0 Å². The van der Waals surface area contributed by atoms with Crippen molar-refractivity contribution in [2.45, 2.75) is 45.1 Å². The number of amides is 3. The molecule has 8 heteroatoms. The highest BCUT2D eigenvalue weighted by atomic mass is 19.1. The van der Waals surface area contributed by atoms with Gasteiger partial charge in [0, 0.05) is 25.7 Å². The Balaban J connectivity index is 1.76. The molecule has 0 aliphatic carbocycles. The number of rotatable bonds is 6. The van der Waals surface area contributed by atoms with Crippen molar-refractivity contribution in [2.24, 2.45) is 0 Å². The van der Waals surface area contributed by atoms with Crippen LogP contribution in [0.4, 0.5) is 20.6 Å². The van der Waals surface area contributed by atoms with E-state index < -0.39 is 11.8 Å². The normalized spacial score (nSPS) is 18.3. The quantitative estimate of drug-likeness (QED) is 0.656. The van der Waals surface area contributed by atoms with Crippen LogP contribution in [0.3, 0.4) is 0 Å². The summed E-state index contributed by atoms with van der Waals surface area (Å²) in [6.07, 6.45) is 4.37. The maximum absolute atomic E-state index is 14.4. The van der Waals surface area contributed by atoms with Crippen LogP contribution in [-0.4, -0.2) is 47.5 Å². The van der Waals surface area contributed by atoms with Crippen molar-refractivity contribution < 1.29 is 14.0 Å². The first-order chi connectivity index (χ1) is 14.8. The fourth-order valence-electron chi connectivity index (χ4n) is 3.99. The summed E-state index contributed by atoms with van der Waals surface area (Å²) in [6.45, 7) is 5.30. The van der Waals surface area contributed by atoms with Crippen molar-refractivity contribution in [3.63, 3.8) is 0 Å². The van der Waals surface area contributed by atoms with Gasteiger partial charge in [0.15, 0.2) is 0 Å². The van der Waals surface area contributed by atoms with Gasteiger partial charge in [0.2, 0.25) is 5.91 Å². The Labute approximate surface area is 182 Å². The highest BCUT2D eigenvalue weighted by Gasteiger charge is 2.38. The average molecular weight is 428 g/mol. The van der Waals surface area contributed by atoms with Crippen LogP contribution in [0.2, 0.25) is 0 Å². The first-order valence-corrected chi connectivity index (χ1v) is 10.6. The van der Waals surface area contributed by atoms with E-state index in [1.165, 1.54) is 6.07 Å². The van der Waals surface area contributed by atoms with Gasteiger partial charge in [0.05, 0.1) is 23.1 Å². The Bertz CT molecular complexity index is 926. The number of carbonyl (C=O) groups excluding carboxylic acids is 2. The van der Waals surface area contributed by atoms with Crippen molar-refractivity contribution in [1.82, 2.24) is 15.2 Å². The number of nitrogens with zero attached hydrogens (tertiary/aromatic N) is 2. The second-order valence-corrected chi connectivity index (χ2v) is 8.07. The molecule has 1 atom stereocenters. The second kappa shape index (κ2) is 9.87. The molecule has 3 N–H and O–H groups in total. The minimum atomic E-state index is -0.547. The van der Waals surface area contributed by atoms with Crippen LogP contribution >= 0.6 is 0 Å². The van der Waals surface area contributed by atoms with E-state index in [1.54, 1.807) is 30.5 Å². The number of piperidine rings is 1. The molecule has 1 aromatic heterocycles. The van der Waals surface area contributed by atoms with Crippen molar-refractivity contribution in [3.8, 4) is 0 Å². The van der Waals surface area contributed by atoms with Crippen molar-refractivity contribution in [2.75, 3.05) is 30.8 Å². The molecule has 2 heterocycles. The topological polar surface area (TPSA) is 86.4 Å². The molecule has 1 saturated heterocycles. The first-order valence-electron chi connectivity index (χ1n) is 10.6. The van der Waals surface area contributed by atoms with E-state index in [1.807, 2.05) is 25.8 Å². The van der Waals surface area contributed by atoms with Crippen LogP contribution in [0, 0.1) is 12.7 Å². The van der Waals surface area contributed by atoms with Gasteiger partial charge in [-0.1, -0.05) is 13.0 Å². The first kappa shape index (κ1) is 22.7. The molecule has 1 aliphatic heterocycles. The molecule has 3 rings (SSSR count). The second-order valence-electron chi connectivity index (χ2n) is 8.07. The van der Waals surface area contributed by atoms with Crippen LogP contribution in [-0.2, 0) is 11.2 Å². The molecule has 3 amide bonds. The molecule has 1 aromatic carbocycles. The number of benzene rings is 1. The van der Waals surface area contributed by atoms with E-state index in [9.17, 15) is 14.0 Å². The third-order valence-corrected chi connectivity index (χ3v) is 5.82. The lowest BCUT2D eigenvalue weighted by molar-refractivity contribution is -0.136. The van der Waals surface area contributed by atoms with E-state index in [4.69, 9.17) is 0 Å². The van der Waals surface area contributed by atoms with E-state index in [0.29, 0.717) is 25.1 Å². The van der Waals surface area contributed by atoms with Gasteiger partial charge >= 0.3 is 6.03 Å². The van der Waals surface area contributed by atoms with Crippen LogP contribution in [0.5, 0.6) is 0 Å². The van der Waals surface area contributed by atoms with Crippen LogP contribution in [0.25, 0.3) is 0 Å². The summed E-state index contributed by atoms with van der Waals surface area (Å²) < 4.78 is 14.4. The zero-order valence-electron chi connectivity index (χ0n) is 18.3. The summed E-state index contributed by atoms with van der Waals surface area (Å²) in [4.78, 5) is 30.7. The maximum atomic E-state index is 14.4. The van der Waals surface area contributed by atoms with Gasteiger partial charge in [-0.3, -0.25) is 9.78 Å². The number of carbonyl (C=O) groups is 2. The summed E-state index contributed by atoms with van der Waals surface area (Å²) in [5.74, 6) is -0.440. The lowest BCUT2D eigenvalue weighted by Gasteiger charge is -2.45. The SMILES string of the molecule is CCC(=O)N(C)[C@]1(Cc2ccc(F)c(NC(=O)Nc3ccc(C)nc3)c2)CCCNC1. The van der Waals surface area contributed by atoms with Gasteiger partial charge < -0.3 is 20.9 Å². The van der Waals surface area contributed by atoms with E-state index in [-0.39, 0.29) is 17.1 Å². The molecule has 1 aliphatic rings. The molecule has 0 bridgehead atoms. The molecule has 2 aromatic rings. The Kier molecular flexibility index (Phi) is 7.22. The van der Waals surface area contributed by atoms with E-state index >= 15 is 0 Å². The number of aryl methyl sites for hydroxylation is 1. The molecular weight excluding hydrogens is 397 g/mol. The summed E-state index contributed by atoms with van der Waals surface area (Å²) >= 11 is 0. The number of pyridine rings is 1. The third-order valence-electron chi connectivity index (χ3n) is 5.82. The van der Waals surface area contributed by atoms with Gasteiger partial charge in [-0.25, -0.2) is 9.18 Å². The number of anilines is 2. The smallest absolute Gasteiger partial charge is 0.323 e. The Morgan fingerprint density at radius 3 is 2.71 bits per heavy atom. The summed E-state index contributed by atoms with van der Waals surface area (Å²) in [6, 6.07) is 7.67. The number of hydrogen-bond acceptors (Lipinski definition) is 4. The molecule has 0 unspecified atom stereocenters. The molecule has 7 nitrogen and oxygen atoms in total. The number of likely N-dealkylation sites (N-methyl/N-ethyl adjacent to an activating group) is 1. The number of aromatic nitrogens is 1. The number of hydrogen-bond donors (Lipinski definition) is 3. The summed E-state index contributed by atoms with van der Waals surface area (Å²) in [7, 11) is 1.84. The number of urea groups is 1. The van der Waals surface area contributed by atoms with Gasteiger partial charge in [0.1, 0.15) is 5.82 Å². The molecule has 0 spiro atoms. The molecular formula is C23H30FN5O2. The highest BCUT2D eigenvalue weighted by Crippen LogP contribution is 2.29. The third kappa shape index (κ3) is 5.58. The minimum absolute atomic E-state index is 0.0789. The van der Waals surface area contributed by atoms with Crippen molar-refractivity contribution >= 4 is 23.3 Å². The van der Waals surface area contributed by atoms with Crippen LogP contribution in [0.15, 0.2) is 36.5 Å². The molecule has 1 fully saturated rings. The summed E-state index contributed by atoms with van der Waals surface area (Å²) in [5.41, 5.74) is 1.93. The fraction of sp³-hybridized carbons (Fsp3) is 0.435. The molecule has 0 radical (unpaired) electrons. The van der Waals surface area contributed by atoms with Gasteiger partial charge in [-0.2, -0.15) is 0 Å². The Morgan fingerprint density at radius 1 is 1.26 bits per heavy atom. The summed E-state index contributed by atoms with van der Waals surface area (Å²) in [5, 5.41) is 8.62. The molecule has 31 heavy (non-hydrogen) atoms. The standard InChI is InChI=1S/C23H30FN5O2/c1-4-21(30)29(3)23(10-5-11-25-15-23)13-17-7-9-19(24)20(12-17)28-22(31)27-18-8-6-16(2)26-14-18/h6-9,12,14,25H,4-5,10-11,13,15H2,1-3H3,(H2,27,28,31)/t23-/m0/s1. The van der Waals surface area contributed by atoms with Crippen LogP contribution in [0.1, 0.15) is 37.4 Å². The zero-order valence-corrected chi connectivity index (χ0v) is 18.3. The molecule has 166 valence electrons. The minimum Gasteiger partial charge on any atom is -0.338 e. The Morgan fingerprint density at radius 2 is 2.06 bits per heavy atom. The van der Waals surface area contributed by atoms with Crippen LogP contribution < -0.4 is 16.0 Å². The molecule has 0 saturated carbocycles. The predicted octanol–water partition coefficient (Wildman–Crippen LogP) is 3.71. The van der Waals surface area contributed by atoms with Gasteiger partial charge in [-0.05, 0) is 62.6 Å². The monoisotopic (exact) mass is 427 g/mol. The fourth-order valence-corrected chi connectivity index (χ4v) is 3.99. The van der Waals surface area contributed by atoms with E-state index in [0.717, 1.165) is 30.6 Å². The number of halogens is 1. The number of nitrogens with one attached hydrogen (secondary N) is 3. The average Bonchev–Trinajstić information content (AvgIpc) is 2.77. The maximum Gasteiger partial charge on any atom is 0.323 e. The highest BCUT2D eigenvalue weighted by molar-refractivity contribution is 5.99. The predicted molar refractivity (Wildman–Crippen MR) is 120 cm³/mol. The Hall–Kier alpha value is -3.00. The lowest BCUT2D eigenvalue weighted by atomic mass is 9.82. The van der Waals surface area contributed by atoms with Gasteiger partial charge in [-0.15, -0.1) is 0 Å². The van der Waals surface area contributed by atoms with E-state index in [2.05, 4.69) is 20.9 Å². The lowest BCUT2D eigenvalue weighted by Crippen LogP contribution is -2.59. The van der Waals surface area contributed by atoms with Crippen molar-refractivity contribution in [3.05, 3.63) is 53.6 Å². The zero-order chi connectivity index (χ0) is 22.4.